The molecule has 0 bridgehead atoms. The van der Waals surface area contributed by atoms with Crippen LogP contribution >= 0.6 is 0 Å². The number of ether oxygens (including phenoxy) is 3. The van der Waals surface area contributed by atoms with E-state index in [0.29, 0.717) is 26.4 Å². The Bertz CT molecular complexity index is 156. The average molecular weight is 248 g/mol. The predicted octanol–water partition coefficient (Wildman–Crippen LogP) is -1.41. The molecular weight excluding hydrogens is 224 g/mol. The molecule has 3 N–H and O–H groups in total. The molecule has 1 saturated heterocycles. The lowest BCUT2D eigenvalue weighted by atomic mass is 10.4. The van der Waals surface area contributed by atoms with Crippen molar-refractivity contribution in [2.24, 2.45) is 0 Å². The highest BCUT2D eigenvalue weighted by molar-refractivity contribution is 4.56. The molecule has 0 aromatic rings. The van der Waals surface area contributed by atoms with Crippen LogP contribution in [-0.2, 0) is 14.2 Å². The van der Waals surface area contributed by atoms with Gasteiger partial charge in [0.1, 0.15) is 6.10 Å². The summed E-state index contributed by atoms with van der Waals surface area (Å²) in [7, 11) is 0. The van der Waals surface area contributed by atoms with Gasteiger partial charge in [-0.25, -0.2) is 0 Å². The van der Waals surface area contributed by atoms with Gasteiger partial charge in [0.2, 0.25) is 0 Å². The molecule has 0 aliphatic carbocycles. The normalized spacial score (nSPS) is 27.0. The number of hydrogen-bond acceptors (Lipinski definition) is 6. The fourth-order valence-corrected chi connectivity index (χ4v) is 1.45. The second kappa shape index (κ2) is 10.9. The van der Waals surface area contributed by atoms with Crippen molar-refractivity contribution in [3.05, 3.63) is 0 Å². The molecular formula is C11H24N2O4. The molecule has 1 atom stereocenters. The van der Waals surface area contributed by atoms with E-state index in [-0.39, 0.29) is 12.7 Å². The van der Waals surface area contributed by atoms with Crippen LogP contribution in [0.15, 0.2) is 0 Å². The molecule has 0 aromatic heterocycles. The van der Waals surface area contributed by atoms with E-state index in [1.807, 2.05) is 0 Å². The number of hydrogen-bond donors (Lipinski definition) is 3. The molecule has 102 valence electrons. The standard InChI is InChI=1S/C11H24N2O4/c14-9-11-10-16-7-3-12-1-5-15-6-2-13-4-8-17-11/h11-14H,1-10H2. The van der Waals surface area contributed by atoms with Gasteiger partial charge in [-0.1, -0.05) is 0 Å². The molecule has 0 spiro atoms. The minimum atomic E-state index is -0.224. The second-order valence-electron chi connectivity index (χ2n) is 3.86. The van der Waals surface area contributed by atoms with E-state index in [1.54, 1.807) is 0 Å². The van der Waals surface area contributed by atoms with Gasteiger partial charge in [-0.15, -0.1) is 0 Å². The van der Waals surface area contributed by atoms with Crippen LogP contribution in [0, 0.1) is 0 Å². The summed E-state index contributed by atoms with van der Waals surface area (Å²) < 4.78 is 16.3. The van der Waals surface area contributed by atoms with Crippen LogP contribution in [0.3, 0.4) is 0 Å². The van der Waals surface area contributed by atoms with Gasteiger partial charge in [-0.2, -0.15) is 0 Å². The third-order valence-electron chi connectivity index (χ3n) is 2.41. The van der Waals surface area contributed by atoms with Crippen LogP contribution in [0.2, 0.25) is 0 Å². The largest absolute Gasteiger partial charge is 0.394 e. The number of nitrogens with one attached hydrogen (secondary N) is 2. The fourth-order valence-electron chi connectivity index (χ4n) is 1.45. The summed E-state index contributed by atoms with van der Waals surface area (Å²) in [6, 6.07) is 0. The predicted molar refractivity (Wildman–Crippen MR) is 64.2 cm³/mol. The van der Waals surface area contributed by atoms with Crippen LogP contribution in [0.5, 0.6) is 0 Å². The van der Waals surface area contributed by atoms with Crippen molar-refractivity contribution in [3.8, 4) is 0 Å². The SMILES string of the molecule is OCC1COCCNCCOCCNCCO1. The Morgan fingerprint density at radius 1 is 0.882 bits per heavy atom. The lowest BCUT2D eigenvalue weighted by Gasteiger charge is -2.15. The molecule has 1 aliphatic heterocycles. The van der Waals surface area contributed by atoms with Gasteiger partial charge in [-0.05, 0) is 0 Å². The second-order valence-corrected chi connectivity index (χ2v) is 3.86. The molecule has 6 nitrogen and oxygen atoms in total. The van der Waals surface area contributed by atoms with Gasteiger partial charge in [0.05, 0.1) is 39.6 Å². The first-order chi connectivity index (χ1) is 8.43. The molecule has 1 heterocycles. The van der Waals surface area contributed by atoms with Gasteiger partial charge >= 0.3 is 0 Å². The Morgan fingerprint density at radius 2 is 1.47 bits per heavy atom. The van der Waals surface area contributed by atoms with Crippen molar-refractivity contribution < 1.29 is 19.3 Å². The van der Waals surface area contributed by atoms with Crippen LogP contribution in [-0.4, -0.2) is 77.0 Å². The van der Waals surface area contributed by atoms with Gasteiger partial charge in [-0.3, -0.25) is 0 Å². The number of aliphatic hydroxyl groups is 1. The zero-order chi connectivity index (χ0) is 12.2. The summed E-state index contributed by atoms with van der Waals surface area (Å²) in [5.74, 6) is 0. The van der Waals surface area contributed by atoms with E-state index in [2.05, 4.69) is 10.6 Å². The topological polar surface area (TPSA) is 72.0 Å². The lowest BCUT2D eigenvalue weighted by Crippen LogP contribution is -2.30. The first-order valence-corrected chi connectivity index (χ1v) is 6.23. The van der Waals surface area contributed by atoms with Crippen LogP contribution in [0.1, 0.15) is 0 Å². The Kier molecular flexibility index (Phi) is 9.49. The summed E-state index contributed by atoms with van der Waals surface area (Å²) in [4.78, 5) is 0. The average Bonchev–Trinajstić information content (AvgIpc) is 2.36. The molecule has 1 rings (SSSR count). The van der Waals surface area contributed by atoms with E-state index in [1.165, 1.54) is 0 Å². The van der Waals surface area contributed by atoms with E-state index in [9.17, 15) is 0 Å². The van der Waals surface area contributed by atoms with Crippen LogP contribution < -0.4 is 10.6 Å². The van der Waals surface area contributed by atoms with Crippen LogP contribution in [0.4, 0.5) is 0 Å². The molecule has 1 unspecified atom stereocenters. The van der Waals surface area contributed by atoms with Gasteiger partial charge in [0.25, 0.3) is 0 Å². The molecule has 0 amide bonds. The Hall–Kier alpha value is -0.240. The van der Waals surface area contributed by atoms with Crippen molar-refractivity contribution in [3.63, 3.8) is 0 Å². The highest BCUT2D eigenvalue weighted by Crippen LogP contribution is 1.92. The highest BCUT2D eigenvalue weighted by atomic mass is 16.5. The summed E-state index contributed by atoms with van der Waals surface area (Å²) in [6.07, 6.45) is -0.224. The molecule has 1 fully saturated rings. The molecule has 0 radical (unpaired) electrons. The molecule has 1 aliphatic rings. The smallest absolute Gasteiger partial charge is 0.104 e. The van der Waals surface area contributed by atoms with E-state index >= 15 is 0 Å². The summed E-state index contributed by atoms with van der Waals surface area (Å²) in [5, 5.41) is 15.5. The Balaban J connectivity index is 2.16. The first kappa shape index (κ1) is 14.8. The third kappa shape index (κ3) is 8.48. The zero-order valence-corrected chi connectivity index (χ0v) is 10.3. The maximum atomic E-state index is 9.08. The van der Waals surface area contributed by atoms with Crippen molar-refractivity contribution in [1.82, 2.24) is 10.6 Å². The Morgan fingerprint density at radius 3 is 2.12 bits per heavy atom. The van der Waals surface area contributed by atoms with E-state index in [4.69, 9.17) is 19.3 Å². The number of rotatable bonds is 1. The van der Waals surface area contributed by atoms with Crippen LogP contribution in [0.25, 0.3) is 0 Å². The highest BCUT2D eigenvalue weighted by Gasteiger charge is 2.07. The minimum Gasteiger partial charge on any atom is -0.394 e. The molecule has 0 saturated carbocycles. The van der Waals surface area contributed by atoms with Crippen molar-refractivity contribution in [1.29, 1.82) is 0 Å². The maximum Gasteiger partial charge on any atom is 0.104 e. The summed E-state index contributed by atoms with van der Waals surface area (Å²) in [5.41, 5.74) is 0. The summed E-state index contributed by atoms with van der Waals surface area (Å²) in [6.45, 7) is 6.28. The van der Waals surface area contributed by atoms with Crippen molar-refractivity contribution in [2.45, 2.75) is 6.10 Å². The lowest BCUT2D eigenvalue weighted by molar-refractivity contribution is -0.0401. The number of aliphatic hydroxyl groups excluding tert-OH is 1. The van der Waals surface area contributed by atoms with Crippen molar-refractivity contribution in [2.75, 3.05) is 65.8 Å². The molecule has 6 heteroatoms. The third-order valence-corrected chi connectivity index (χ3v) is 2.41. The maximum absolute atomic E-state index is 9.08. The van der Waals surface area contributed by atoms with E-state index < -0.39 is 0 Å². The minimum absolute atomic E-state index is 0.00343. The van der Waals surface area contributed by atoms with Crippen molar-refractivity contribution >= 4 is 0 Å². The zero-order valence-electron chi connectivity index (χ0n) is 10.3. The molecule has 0 aromatic carbocycles. The van der Waals surface area contributed by atoms with Gasteiger partial charge in [0, 0.05) is 26.2 Å². The summed E-state index contributed by atoms with van der Waals surface area (Å²) >= 11 is 0. The Labute approximate surface area is 103 Å². The molecule has 17 heavy (non-hydrogen) atoms. The first-order valence-electron chi connectivity index (χ1n) is 6.23. The monoisotopic (exact) mass is 248 g/mol. The van der Waals surface area contributed by atoms with Gasteiger partial charge in [0.15, 0.2) is 0 Å². The van der Waals surface area contributed by atoms with Gasteiger partial charge < -0.3 is 30.0 Å². The van der Waals surface area contributed by atoms with E-state index in [0.717, 1.165) is 32.8 Å². The quantitative estimate of drug-likeness (QED) is 0.529. The fraction of sp³-hybridized carbons (Fsp3) is 1.00.